The maximum absolute atomic E-state index is 6.19. The summed E-state index contributed by atoms with van der Waals surface area (Å²) in [5.74, 6) is 0. The van der Waals surface area contributed by atoms with Crippen molar-refractivity contribution in [3.8, 4) is 0 Å². The minimum Gasteiger partial charge on any atom is -0.383 e. The second kappa shape index (κ2) is 5.10. The average Bonchev–Trinajstić information content (AvgIpc) is 2.70. The Morgan fingerprint density at radius 3 is 2.43 bits per heavy atom. The highest BCUT2D eigenvalue weighted by atomic mass is 16.5. The Morgan fingerprint density at radius 1 is 1.43 bits per heavy atom. The number of nitrogens with zero attached hydrogens (tertiary/aromatic N) is 1. The lowest BCUT2D eigenvalue weighted by atomic mass is 9.88. The lowest BCUT2D eigenvalue weighted by Crippen LogP contribution is -2.58. The number of rotatable bonds is 5. The van der Waals surface area contributed by atoms with Crippen LogP contribution in [0.3, 0.4) is 0 Å². The van der Waals surface area contributed by atoms with Crippen LogP contribution in [0.25, 0.3) is 0 Å². The Bertz CT molecular complexity index is 169. The second-order valence-electron chi connectivity index (χ2n) is 4.47. The smallest absolute Gasteiger partial charge is 0.0631 e. The van der Waals surface area contributed by atoms with E-state index in [1.165, 1.54) is 25.9 Å². The first kappa shape index (κ1) is 12.0. The van der Waals surface area contributed by atoms with Crippen molar-refractivity contribution in [1.29, 1.82) is 0 Å². The van der Waals surface area contributed by atoms with E-state index in [4.69, 9.17) is 10.5 Å². The summed E-state index contributed by atoms with van der Waals surface area (Å²) in [7, 11) is 1.72. The van der Waals surface area contributed by atoms with Crippen LogP contribution in [0.15, 0.2) is 0 Å². The lowest BCUT2D eigenvalue weighted by molar-refractivity contribution is 0.0566. The fourth-order valence-corrected chi connectivity index (χ4v) is 2.31. The molecule has 2 N–H and O–H groups in total. The quantitative estimate of drug-likeness (QED) is 0.725. The molecule has 1 aliphatic rings. The molecule has 1 heterocycles. The van der Waals surface area contributed by atoms with Gasteiger partial charge in [-0.05, 0) is 39.3 Å². The molecule has 0 aliphatic carbocycles. The highest BCUT2D eigenvalue weighted by Gasteiger charge is 2.37. The highest BCUT2D eigenvalue weighted by molar-refractivity contribution is 4.96. The lowest BCUT2D eigenvalue weighted by Gasteiger charge is -2.42. The van der Waals surface area contributed by atoms with Gasteiger partial charge in [0.1, 0.15) is 0 Å². The van der Waals surface area contributed by atoms with Crippen LogP contribution in [-0.2, 0) is 4.74 Å². The maximum atomic E-state index is 6.19. The Morgan fingerprint density at radius 2 is 2.00 bits per heavy atom. The average molecular weight is 200 g/mol. The van der Waals surface area contributed by atoms with Crippen molar-refractivity contribution >= 4 is 0 Å². The van der Waals surface area contributed by atoms with E-state index in [1.807, 2.05) is 0 Å². The number of methoxy groups -OCH3 is 1. The molecule has 0 amide bonds. The minimum absolute atomic E-state index is 0.118. The number of hydrogen-bond acceptors (Lipinski definition) is 3. The normalized spacial score (nSPS) is 24.9. The summed E-state index contributed by atoms with van der Waals surface area (Å²) >= 11 is 0. The molecule has 0 bridgehead atoms. The van der Waals surface area contributed by atoms with Gasteiger partial charge in [-0.25, -0.2) is 0 Å². The molecule has 1 aliphatic heterocycles. The number of likely N-dealkylation sites (tertiary alicyclic amines) is 1. The summed E-state index contributed by atoms with van der Waals surface area (Å²) in [5.41, 5.74) is 6.30. The summed E-state index contributed by atoms with van der Waals surface area (Å²) in [6.45, 7) is 7.53. The van der Waals surface area contributed by atoms with E-state index in [-0.39, 0.29) is 11.6 Å². The van der Waals surface area contributed by atoms with Gasteiger partial charge in [0.25, 0.3) is 0 Å². The van der Waals surface area contributed by atoms with Crippen LogP contribution in [0.4, 0.5) is 0 Å². The molecule has 3 nitrogen and oxygen atoms in total. The van der Waals surface area contributed by atoms with E-state index in [2.05, 4.69) is 18.7 Å². The zero-order chi connectivity index (χ0) is 10.6. The predicted octanol–water partition coefficient (Wildman–Crippen LogP) is 1.22. The van der Waals surface area contributed by atoms with Crippen molar-refractivity contribution in [3.05, 3.63) is 0 Å². The molecule has 0 aromatic heterocycles. The van der Waals surface area contributed by atoms with Gasteiger partial charge in [-0.2, -0.15) is 0 Å². The maximum Gasteiger partial charge on any atom is 0.0631 e. The molecule has 1 rings (SSSR count). The van der Waals surface area contributed by atoms with Crippen molar-refractivity contribution in [2.45, 2.75) is 44.7 Å². The first-order chi connectivity index (χ1) is 6.65. The van der Waals surface area contributed by atoms with Gasteiger partial charge in [-0.1, -0.05) is 6.92 Å². The SMILES string of the molecule is CCC(C)(C(N)COC)N1CCCC1. The van der Waals surface area contributed by atoms with Crippen LogP contribution in [0.2, 0.25) is 0 Å². The Hall–Kier alpha value is -0.120. The fourth-order valence-electron chi connectivity index (χ4n) is 2.31. The monoisotopic (exact) mass is 200 g/mol. The van der Waals surface area contributed by atoms with E-state index >= 15 is 0 Å². The molecule has 3 heteroatoms. The Labute approximate surface area is 87.6 Å². The molecule has 0 saturated carbocycles. The standard InChI is InChI=1S/C11H24N2O/c1-4-11(2,10(12)9-14-3)13-7-5-6-8-13/h10H,4-9,12H2,1-3H3. The van der Waals surface area contributed by atoms with E-state index < -0.39 is 0 Å². The highest BCUT2D eigenvalue weighted by Crippen LogP contribution is 2.27. The molecule has 0 aromatic rings. The van der Waals surface area contributed by atoms with Crippen molar-refractivity contribution in [2.75, 3.05) is 26.8 Å². The molecule has 1 saturated heterocycles. The third-order valence-corrected chi connectivity index (χ3v) is 3.69. The van der Waals surface area contributed by atoms with E-state index in [0.29, 0.717) is 6.61 Å². The number of nitrogens with two attached hydrogens (primary N) is 1. The molecule has 0 radical (unpaired) electrons. The Balaban J connectivity index is 2.62. The van der Waals surface area contributed by atoms with Gasteiger partial charge in [-0.3, -0.25) is 4.90 Å². The van der Waals surface area contributed by atoms with Crippen LogP contribution in [0, 0.1) is 0 Å². The van der Waals surface area contributed by atoms with Crippen molar-refractivity contribution in [2.24, 2.45) is 5.73 Å². The molecule has 0 spiro atoms. The molecule has 84 valence electrons. The Kier molecular flexibility index (Phi) is 4.35. The van der Waals surface area contributed by atoms with Crippen LogP contribution in [0.5, 0.6) is 0 Å². The number of hydrogen-bond donors (Lipinski definition) is 1. The third kappa shape index (κ3) is 2.27. The number of ether oxygens (including phenoxy) is 1. The molecular formula is C11H24N2O. The van der Waals surface area contributed by atoms with Crippen LogP contribution >= 0.6 is 0 Å². The van der Waals surface area contributed by atoms with Gasteiger partial charge in [0.15, 0.2) is 0 Å². The molecule has 0 aromatic carbocycles. The molecular weight excluding hydrogens is 176 g/mol. The molecule has 2 atom stereocenters. The van der Waals surface area contributed by atoms with Crippen LogP contribution < -0.4 is 5.73 Å². The van der Waals surface area contributed by atoms with E-state index in [1.54, 1.807) is 7.11 Å². The first-order valence-corrected chi connectivity index (χ1v) is 5.64. The molecule has 1 fully saturated rings. The summed E-state index contributed by atoms with van der Waals surface area (Å²) in [6.07, 6.45) is 3.72. The van der Waals surface area contributed by atoms with Gasteiger partial charge in [0.05, 0.1) is 6.61 Å². The third-order valence-electron chi connectivity index (χ3n) is 3.69. The second-order valence-corrected chi connectivity index (χ2v) is 4.47. The minimum atomic E-state index is 0.118. The van der Waals surface area contributed by atoms with Crippen LogP contribution in [0.1, 0.15) is 33.1 Å². The first-order valence-electron chi connectivity index (χ1n) is 5.64. The zero-order valence-electron chi connectivity index (χ0n) is 9.75. The van der Waals surface area contributed by atoms with Crippen molar-refractivity contribution < 1.29 is 4.74 Å². The summed E-state index contributed by atoms with van der Waals surface area (Å²) in [4.78, 5) is 2.52. The fraction of sp³-hybridized carbons (Fsp3) is 1.00. The van der Waals surface area contributed by atoms with Crippen molar-refractivity contribution in [3.63, 3.8) is 0 Å². The van der Waals surface area contributed by atoms with Gasteiger partial charge in [0, 0.05) is 18.7 Å². The summed E-state index contributed by atoms with van der Waals surface area (Å²) < 4.78 is 5.16. The topological polar surface area (TPSA) is 38.5 Å². The van der Waals surface area contributed by atoms with E-state index in [0.717, 1.165) is 6.42 Å². The summed E-state index contributed by atoms with van der Waals surface area (Å²) in [5, 5.41) is 0. The zero-order valence-corrected chi connectivity index (χ0v) is 9.75. The van der Waals surface area contributed by atoms with E-state index in [9.17, 15) is 0 Å². The van der Waals surface area contributed by atoms with Crippen molar-refractivity contribution in [1.82, 2.24) is 4.90 Å². The summed E-state index contributed by atoms with van der Waals surface area (Å²) in [6, 6.07) is 0.121. The van der Waals surface area contributed by atoms with Gasteiger partial charge in [0.2, 0.25) is 0 Å². The largest absolute Gasteiger partial charge is 0.383 e. The predicted molar refractivity (Wildman–Crippen MR) is 59.4 cm³/mol. The molecule has 2 unspecified atom stereocenters. The molecule has 14 heavy (non-hydrogen) atoms. The van der Waals surface area contributed by atoms with Gasteiger partial charge in [-0.15, -0.1) is 0 Å². The van der Waals surface area contributed by atoms with Gasteiger partial charge >= 0.3 is 0 Å². The van der Waals surface area contributed by atoms with Gasteiger partial charge < -0.3 is 10.5 Å². The van der Waals surface area contributed by atoms with Crippen LogP contribution in [-0.4, -0.2) is 43.3 Å².